The van der Waals surface area contributed by atoms with E-state index in [1.807, 2.05) is 6.26 Å². The first-order valence-electron chi connectivity index (χ1n) is 2.99. The molecule has 0 aromatic carbocycles. The fourth-order valence-corrected chi connectivity index (χ4v) is 1.02. The van der Waals surface area contributed by atoms with Crippen molar-refractivity contribution < 1.29 is 5.11 Å². The Morgan fingerprint density at radius 3 is 2.90 bits per heavy atom. The van der Waals surface area contributed by atoms with Crippen LogP contribution in [0.4, 0.5) is 0 Å². The van der Waals surface area contributed by atoms with Crippen molar-refractivity contribution in [1.29, 1.82) is 0 Å². The Morgan fingerprint density at radius 1 is 1.80 bits per heavy atom. The zero-order chi connectivity index (χ0) is 7.82. The maximum atomic E-state index is 8.61. The van der Waals surface area contributed by atoms with Gasteiger partial charge in [-0.3, -0.25) is 0 Å². The smallest absolute Gasteiger partial charge is 0.0613 e. The lowest BCUT2D eigenvalue weighted by Crippen LogP contribution is -2.09. The molecule has 0 saturated heterocycles. The normalized spacial score (nSPS) is 12.2. The zero-order valence-electron chi connectivity index (χ0n) is 5.90. The number of hydrogen-bond acceptors (Lipinski definition) is 3. The quantitative estimate of drug-likeness (QED) is 0.376. The fourth-order valence-electron chi connectivity index (χ4n) is 0.512. The summed E-state index contributed by atoms with van der Waals surface area (Å²) >= 11 is 1.68. The van der Waals surface area contributed by atoms with Gasteiger partial charge in [0.1, 0.15) is 0 Å². The third-order valence-electron chi connectivity index (χ3n) is 1.08. The van der Waals surface area contributed by atoms with E-state index < -0.39 is 0 Å². The second-order valence-electron chi connectivity index (χ2n) is 1.82. The van der Waals surface area contributed by atoms with Gasteiger partial charge < -0.3 is 5.11 Å². The molecule has 0 heterocycles. The number of rotatable bonds is 5. The summed E-state index contributed by atoms with van der Waals surface area (Å²) < 4.78 is 0. The van der Waals surface area contributed by atoms with Crippen LogP contribution in [0.5, 0.6) is 0 Å². The van der Waals surface area contributed by atoms with Gasteiger partial charge in [0, 0.05) is 4.91 Å². The van der Waals surface area contributed by atoms with Gasteiger partial charge in [-0.1, -0.05) is 5.11 Å². The lowest BCUT2D eigenvalue weighted by atomic mass is 10.3. The van der Waals surface area contributed by atoms with Crippen LogP contribution >= 0.6 is 11.8 Å². The first kappa shape index (κ1) is 9.62. The Bertz CT molecular complexity index is 124. The Morgan fingerprint density at radius 2 is 2.50 bits per heavy atom. The second-order valence-corrected chi connectivity index (χ2v) is 2.81. The van der Waals surface area contributed by atoms with Gasteiger partial charge in [-0.25, -0.2) is 0 Å². The number of nitrogens with zero attached hydrogens (tertiary/aromatic N) is 3. The van der Waals surface area contributed by atoms with E-state index >= 15 is 0 Å². The van der Waals surface area contributed by atoms with Crippen molar-refractivity contribution in [2.75, 3.05) is 18.6 Å². The molecule has 58 valence electrons. The highest BCUT2D eigenvalue weighted by Crippen LogP contribution is 2.03. The van der Waals surface area contributed by atoms with E-state index in [0.29, 0.717) is 0 Å². The first-order valence-corrected chi connectivity index (χ1v) is 4.38. The average molecular weight is 161 g/mol. The molecular formula is C5H11N3OS. The van der Waals surface area contributed by atoms with Crippen molar-refractivity contribution in [1.82, 2.24) is 0 Å². The van der Waals surface area contributed by atoms with E-state index in [4.69, 9.17) is 10.6 Å². The summed E-state index contributed by atoms with van der Waals surface area (Å²) in [7, 11) is 0. The van der Waals surface area contributed by atoms with Crippen molar-refractivity contribution >= 4 is 11.8 Å². The van der Waals surface area contributed by atoms with Gasteiger partial charge in [-0.05, 0) is 24.0 Å². The number of azide groups is 1. The molecule has 0 radical (unpaired) electrons. The predicted octanol–water partition coefficient (Wildman–Crippen LogP) is 1.41. The van der Waals surface area contributed by atoms with Crippen LogP contribution in [0.2, 0.25) is 0 Å². The highest BCUT2D eigenvalue weighted by molar-refractivity contribution is 7.98. The summed E-state index contributed by atoms with van der Waals surface area (Å²) in [6, 6.07) is -0.238. The molecule has 5 heteroatoms. The van der Waals surface area contributed by atoms with Crippen LogP contribution in [0.1, 0.15) is 6.42 Å². The highest BCUT2D eigenvalue weighted by atomic mass is 32.2. The van der Waals surface area contributed by atoms with Crippen LogP contribution in [-0.2, 0) is 0 Å². The molecule has 0 aliphatic heterocycles. The molecule has 0 bridgehead atoms. The van der Waals surface area contributed by atoms with Gasteiger partial charge in [-0.15, -0.1) is 0 Å². The van der Waals surface area contributed by atoms with E-state index in [2.05, 4.69) is 10.0 Å². The predicted molar refractivity (Wildman–Crippen MR) is 43.0 cm³/mol. The SMILES string of the molecule is CSCC[C@@H](CO)N=[N+]=[N-]. The lowest BCUT2D eigenvalue weighted by molar-refractivity contribution is 0.263. The summed E-state index contributed by atoms with van der Waals surface area (Å²) in [6.07, 6.45) is 2.73. The van der Waals surface area contributed by atoms with Crippen molar-refractivity contribution in [2.24, 2.45) is 5.11 Å². The molecule has 0 rings (SSSR count). The molecule has 0 aliphatic rings. The number of aliphatic hydroxyl groups excluding tert-OH is 1. The highest BCUT2D eigenvalue weighted by Gasteiger charge is 2.01. The third kappa shape index (κ3) is 4.49. The number of aliphatic hydroxyl groups is 1. The monoisotopic (exact) mass is 161 g/mol. The summed E-state index contributed by atoms with van der Waals surface area (Å²) in [5.74, 6) is 0.921. The summed E-state index contributed by atoms with van der Waals surface area (Å²) in [4.78, 5) is 2.62. The van der Waals surface area contributed by atoms with E-state index in [1.165, 1.54) is 0 Å². The topological polar surface area (TPSA) is 69.0 Å². The first-order chi connectivity index (χ1) is 4.85. The van der Waals surface area contributed by atoms with Crippen molar-refractivity contribution in [3.05, 3.63) is 10.4 Å². The summed E-state index contributed by atoms with van der Waals surface area (Å²) in [6.45, 7) is -0.0510. The van der Waals surface area contributed by atoms with E-state index in [1.54, 1.807) is 11.8 Å². The van der Waals surface area contributed by atoms with Crippen LogP contribution in [0, 0.1) is 0 Å². The van der Waals surface area contributed by atoms with E-state index in [9.17, 15) is 0 Å². The molecule has 4 nitrogen and oxygen atoms in total. The Hall–Kier alpha value is -0.380. The van der Waals surface area contributed by atoms with Crippen molar-refractivity contribution in [3.8, 4) is 0 Å². The van der Waals surface area contributed by atoms with Gasteiger partial charge >= 0.3 is 0 Å². The number of hydrogen-bond donors (Lipinski definition) is 1. The Kier molecular flexibility index (Phi) is 6.48. The maximum absolute atomic E-state index is 8.61. The standard InChI is InChI=1S/C5H11N3OS/c1-10-3-2-5(4-9)7-8-6/h5,9H,2-4H2,1H3/t5-/m0/s1. The molecule has 1 N–H and O–H groups in total. The van der Waals surface area contributed by atoms with Crippen LogP contribution in [0.15, 0.2) is 5.11 Å². The zero-order valence-corrected chi connectivity index (χ0v) is 6.71. The minimum Gasteiger partial charge on any atom is -0.396 e. The molecule has 0 aromatic heterocycles. The van der Waals surface area contributed by atoms with Crippen LogP contribution in [0.3, 0.4) is 0 Å². The number of thioether (sulfide) groups is 1. The van der Waals surface area contributed by atoms with Crippen molar-refractivity contribution in [3.63, 3.8) is 0 Å². The van der Waals surface area contributed by atoms with Gasteiger partial charge in [-0.2, -0.15) is 11.8 Å². The van der Waals surface area contributed by atoms with Gasteiger partial charge in [0.2, 0.25) is 0 Å². The lowest BCUT2D eigenvalue weighted by Gasteiger charge is -2.03. The molecule has 0 saturated carbocycles. The molecule has 0 aromatic rings. The molecule has 0 fully saturated rings. The largest absolute Gasteiger partial charge is 0.396 e. The molecular weight excluding hydrogens is 150 g/mol. The summed E-state index contributed by atoms with van der Waals surface area (Å²) in [5, 5.41) is 12.0. The molecule has 0 aliphatic carbocycles. The summed E-state index contributed by atoms with van der Waals surface area (Å²) in [5.41, 5.74) is 8.01. The van der Waals surface area contributed by atoms with Gasteiger partial charge in [0.25, 0.3) is 0 Å². The second kappa shape index (κ2) is 6.74. The van der Waals surface area contributed by atoms with Crippen molar-refractivity contribution in [2.45, 2.75) is 12.5 Å². The molecule has 1 atom stereocenters. The minimum atomic E-state index is -0.238. The molecule has 0 amide bonds. The molecule has 0 unspecified atom stereocenters. The minimum absolute atomic E-state index is 0.0510. The molecule has 10 heavy (non-hydrogen) atoms. The average Bonchev–Trinajstić information content (AvgIpc) is 1.98. The van der Waals surface area contributed by atoms with Gasteiger partial charge in [0.15, 0.2) is 0 Å². The van der Waals surface area contributed by atoms with E-state index in [-0.39, 0.29) is 12.6 Å². The van der Waals surface area contributed by atoms with Gasteiger partial charge in [0.05, 0.1) is 12.6 Å². The fraction of sp³-hybridized carbons (Fsp3) is 1.00. The third-order valence-corrected chi connectivity index (χ3v) is 1.72. The Labute approximate surface area is 64.3 Å². The maximum Gasteiger partial charge on any atom is 0.0613 e. The van der Waals surface area contributed by atoms with Crippen LogP contribution in [-0.4, -0.2) is 29.8 Å². The van der Waals surface area contributed by atoms with Crippen LogP contribution < -0.4 is 0 Å². The Balaban J connectivity index is 3.49. The molecule has 0 spiro atoms. The van der Waals surface area contributed by atoms with E-state index in [0.717, 1.165) is 12.2 Å². The van der Waals surface area contributed by atoms with Crippen LogP contribution in [0.25, 0.3) is 10.4 Å².